The van der Waals surface area contributed by atoms with Crippen molar-refractivity contribution < 1.29 is 12.8 Å². The third-order valence-electron chi connectivity index (χ3n) is 3.74. The second kappa shape index (κ2) is 5.59. The van der Waals surface area contributed by atoms with Crippen LogP contribution in [0, 0.1) is 11.7 Å². The average molecular weight is 285 g/mol. The van der Waals surface area contributed by atoms with Crippen LogP contribution in [0.3, 0.4) is 0 Å². The van der Waals surface area contributed by atoms with Crippen molar-refractivity contribution in [3.8, 4) is 0 Å². The number of sulfone groups is 1. The Kier molecular flexibility index (Phi) is 4.26. The van der Waals surface area contributed by atoms with Crippen LogP contribution < -0.4 is 0 Å². The van der Waals surface area contributed by atoms with E-state index >= 15 is 0 Å². The summed E-state index contributed by atoms with van der Waals surface area (Å²) in [4.78, 5) is 2.15. The minimum Gasteiger partial charge on any atom is -0.295 e. The van der Waals surface area contributed by atoms with Crippen LogP contribution in [0.25, 0.3) is 0 Å². The summed E-state index contributed by atoms with van der Waals surface area (Å²) < 4.78 is 35.9. The van der Waals surface area contributed by atoms with E-state index in [-0.39, 0.29) is 17.6 Å². The minimum atomic E-state index is -2.96. The summed E-state index contributed by atoms with van der Waals surface area (Å²) in [6, 6.07) is 6.75. The van der Waals surface area contributed by atoms with E-state index < -0.39 is 9.84 Å². The zero-order valence-electron chi connectivity index (χ0n) is 11.3. The van der Waals surface area contributed by atoms with Gasteiger partial charge >= 0.3 is 0 Å². The van der Waals surface area contributed by atoms with Crippen LogP contribution in [0.5, 0.6) is 0 Å². The van der Waals surface area contributed by atoms with E-state index in [1.807, 2.05) is 6.07 Å². The SMILES string of the molecule is C[C@@H]1CCN(CCS(C)(=O)=O)[C@H]1c1cccc(F)c1. The highest BCUT2D eigenvalue weighted by Crippen LogP contribution is 2.36. The van der Waals surface area contributed by atoms with Crippen molar-refractivity contribution in [3.63, 3.8) is 0 Å². The summed E-state index contributed by atoms with van der Waals surface area (Å²) in [7, 11) is -2.96. The number of nitrogens with zero attached hydrogens (tertiary/aromatic N) is 1. The van der Waals surface area contributed by atoms with Crippen molar-refractivity contribution in [2.24, 2.45) is 5.92 Å². The first-order valence-electron chi connectivity index (χ1n) is 6.54. The normalized spacial score (nSPS) is 24.8. The fourth-order valence-corrected chi connectivity index (χ4v) is 3.36. The second-order valence-corrected chi connectivity index (χ2v) is 7.69. The summed E-state index contributed by atoms with van der Waals surface area (Å²) in [5, 5.41) is 0. The molecule has 1 fully saturated rings. The molecule has 19 heavy (non-hydrogen) atoms. The number of rotatable bonds is 4. The van der Waals surface area contributed by atoms with Gasteiger partial charge in [0, 0.05) is 18.8 Å². The van der Waals surface area contributed by atoms with Crippen molar-refractivity contribution in [2.45, 2.75) is 19.4 Å². The lowest BCUT2D eigenvalue weighted by atomic mass is 9.95. The molecule has 0 unspecified atom stereocenters. The molecule has 1 aliphatic rings. The molecule has 2 rings (SSSR count). The number of hydrogen-bond donors (Lipinski definition) is 0. The van der Waals surface area contributed by atoms with Gasteiger partial charge in [-0.2, -0.15) is 0 Å². The minimum absolute atomic E-state index is 0.123. The van der Waals surface area contributed by atoms with Crippen LogP contribution in [-0.2, 0) is 9.84 Å². The second-order valence-electron chi connectivity index (χ2n) is 5.43. The summed E-state index contributed by atoms with van der Waals surface area (Å²) >= 11 is 0. The van der Waals surface area contributed by atoms with Crippen LogP contribution in [0.1, 0.15) is 24.9 Å². The van der Waals surface area contributed by atoms with E-state index in [9.17, 15) is 12.8 Å². The summed E-state index contributed by atoms with van der Waals surface area (Å²) in [5.41, 5.74) is 0.943. The monoisotopic (exact) mass is 285 g/mol. The summed E-state index contributed by atoms with van der Waals surface area (Å²) in [5.74, 6) is 0.340. The molecule has 5 heteroatoms. The van der Waals surface area contributed by atoms with E-state index in [0.29, 0.717) is 12.5 Å². The molecule has 1 heterocycles. The van der Waals surface area contributed by atoms with Crippen molar-refractivity contribution >= 4 is 9.84 Å². The molecule has 0 saturated carbocycles. The van der Waals surface area contributed by atoms with Gasteiger partial charge in [0.05, 0.1) is 5.75 Å². The van der Waals surface area contributed by atoms with Gasteiger partial charge in [0.1, 0.15) is 15.7 Å². The van der Waals surface area contributed by atoms with E-state index in [4.69, 9.17) is 0 Å². The van der Waals surface area contributed by atoms with E-state index in [1.54, 1.807) is 12.1 Å². The van der Waals surface area contributed by atoms with Crippen LogP contribution in [0.4, 0.5) is 4.39 Å². The number of benzene rings is 1. The average Bonchev–Trinajstić information content (AvgIpc) is 2.67. The topological polar surface area (TPSA) is 37.4 Å². The Morgan fingerprint density at radius 3 is 2.79 bits per heavy atom. The highest BCUT2D eigenvalue weighted by Gasteiger charge is 2.32. The quantitative estimate of drug-likeness (QED) is 0.851. The zero-order valence-corrected chi connectivity index (χ0v) is 12.2. The molecule has 0 radical (unpaired) electrons. The first-order chi connectivity index (χ1) is 8.87. The number of halogens is 1. The smallest absolute Gasteiger partial charge is 0.148 e. The molecular formula is C14H20FNO2S. The first-order valence-corrected chi connectivity index (χ1v) is 8.60. The Bertz CT molecular complexity index is 544. The molecule has 0 aliphatic carbocycles. The van der Waals surface area contributed by atoms with Crippen LogP contribution >= 0.6 is 0 Å². The van der Waals surface area contributed by atoms with Crippen molar-refractivity contribution in [2.75, 3.05) is 25.1 Å². The van der Waals surface area contributed by atoms with Gasteiger partial charge in [-0.3, -0.25) is 4.90 Å². The third kappa shape index (κ3) is 3.76. The molecule has 1 saturated heterocycles. The van der Waals surface area contributed by atoms with Gasteiger partial charge in [-0.05, 0) is 36.6 Å². The Labute approximate surface area is 114 Å². The Morgan fingerprint density at radius 2 is 2.16 bits per heavy atom. The fourth-order valence-electron chi connectivity index (χ4n) is 2.79. The largest absolute Gasteiger partial charge is 0.295 e. The molecule has 0 N–H and O–H groups in total. The van der Waals surface area contributed by atoms with Gasteiger partial charge in [-0.15, -0.1) is 0 Å². The summed E-state index contributed by atoms with van der Waals surface area (Å²) in [6.45, 7) is 3.53. The predicted molar refractivity (Wildman–Crippen MR) is 74.2 cm³/mol. The van der Waals surface area contributed by atoms with Crippen LogP contribution in [0.15, 0.2) is 24.3 Å². The van der Waals surface area contributed by atoms with Gasteiger partial charge in [0.2, 0.25) is 0 Å². The molecule has 0 spiro atoms. The molecule has 106 valence electrons. The molecule has 2 atom stereocenters. The number of likely N-dealkylation sites (tertiary alicyclic amines) is 1. The lowest BCUT2D eigenvalue weighted by Gasteiger charge is -2.27. The van der Waals surface area contributed by atoms with Crippen molar-refractivity contribution in [3.05, 3.63) is 35.6 Å². The lowest BCUT2D eigenvalue weighted by molar-refractivity contribution is 0.246. The van der Waals surface area contributed by atoms with Crippen molar-refractivity contribution in [1.82, 2.24) is 4.90 Å². The maximum absolute atomic E-state index is 13.3. The third-order valence-corrected chi connectivity index (χ3v) is 4.67. The maximum Gasteiger partial charge on any atom is 0.148 e. The summed E-state index contributed by atoms with van der Waals surface area (Å²) in [6.07, 6.45) is 2.27. The molecule has 1 aromatic carbocycles. The lowest BCUT2D eigenvalue weighted by Crippen LogP contribution is -2.30. The number of hydrogen-bond acceptors (Lipinski definition) is 3. The molecular weight excluding hydrogens is 265 g/mol. The molecule has 0 aromatic heterocycles. The van der Waals surface area contributed by atoms with E-state index in [0.717, 1.165) is 18.5 Å². The van der Waals surface area contributed by atoms with Gasteiger partial charge in [-0.25, -0.2) is 12.8 Å². The molecule has 3 nitrogen and oxygen atoms in total. The van der Waals surface area contributed by atoms with E-state index in [1.165, 1.54) is 12.3 Å². The van der Waals surface area contributed by atoms with Gasteiger partial charge in [-0.1, -0.05) is 19.1 Å². The van der Waals surface area contributed by atoms with Crippen LogP contribution in [0.2, 0.25) is 0 Å². The zero-order chi connectivity index (χ0) is 14.0. The standard InChI is InChI=1S/C14H20FNO2S/c1-11-6-7-16(8-9-19(2,17)18)14(11)12-4-3-5-13(15)10-12/h3-5,10-11,14H,6-9H2,1-2H3/t11-,14-/m1/s1. The molecule has 1 aromatic rings. The Balaban J connectivity index is 2.16. The molecule has 0 amide bonds. The molecule has 0 bridgehead atoms. The highest BCUT2D eigenvalue weighted by molar-refractivity contribution is 7.90. The molecule has 1 aliphatic heterocycles. The van der Waals surface area contributed by atoms with Crippen LogP contribution in [-0.4, -0.2) is 38.4 Å². The predicted octanol–water partition coefficient (Wildman–Crippen LogP) is 2.25. The van der Waals surface area contributed by atoms with E-state index in [2.05, 4.69) is 11.8 Å². The first kappa shape index (κ1) is 14.5. The maximum atomic E-state index is 13.3. The highest BCUT2D eigenvalue weighted by atomic mass is 32.2. The fraction of sp³-hybridized carbons (Fsp3) is 0.571. The van der Waals surface area contributed by atoms with Gasteiger partial charge in [0.15, 0.2) is 0 Å². The Morgan fingerprint density at radius 1 is 1.42 bits per heavy atom. The van der Waals surface area contributed by atoms with Gasteiger partial charge in [0.25, 0.3) is 0 Å². The van der Waals surface area contributed by atoms with Crippen molar-refractivity contribution in [1.29, 1.82) is 0 Å². The Hall–Kier alpha value is -0.940. The van der Waals surface area contributed by atoms with Gasteiger partial charge < -0.3 is 0 Å².